The zero-order valence-electron chi connectivity index (χ0n) is 11.9. The van der Waals surface area contributed by atoms with Gasteiger partial charge >= 0.3 is 5.97 Å². The van der Waals surface area contributed by atoms with E-state index in [1.807, 2.05) is 19.1 Å². The van der Waals surface area contributed by atoms with Crippen molar-refractivity contribution in [2.24, 2.45) is 0 Å². The van der Waals surface area contributed by atoms with Gasteiger partial charge in [0, 0.05) is 24.0 Å². The van der Waals surface area contributed by atoms with Crippen LogP contribution in [0.1, 0.15) is 43.2 Å². The van der Waals surface area contributed by atoms with Crippen molar-refractivity contribution in [3.8, 4) is 0 Å². The second-order valence-electron chi connectivity index (χ2n) is 5.64. The second kappa shape index (κ2) is 7.09. The molecular weight excluding hydrogens is 274 g/mol. The van der Waals surface area contributed by atoms with Gasteiger partial charge in [0.2, 0.25) is 0 Å². The van der Waals surface area contributed by atoms with Gasteiger partial charge in [-0.2, -0.15) is 0 Å². The average molecular weight is 296 g/mol. The van der Waals surface area contributed by atoms with E-state index in [4.69, 9.17) is 16.7 Å². The first kappa shape index (κ1) is 15.3. The van der Waals surface area contributed by atoms with Crippen LogP contribution in [0, 0.1) is 6.92 Å². The molecule has 0 radical (unpaired) electrons. The van der Waals surface area contributed by atoms with Crippen molar-refractivity contribution in [2.75, 3.05) is 6.54 Å². The Morgan fingerprint density at radius 3 is 2.95 bits per heavy atom. The third kappa shape index (κ3) is 4.22. The maximum Gasteiger partial charge on any atom is 0.303 e. The molecule has 1 aromatic carbocycles. The normalized spacial score (nSPS) is 20.0. The van der Waals surface area contributed by atoms with Gasteiger partial charge in [-0.1, -0.05) is 30.2 Å². The lowest BCUT2D eigenvalue weighted by molar-refractivity contribution is -0.137. The summed E-state index contributed by atoms with van der Waals surface area (Å²) in [7, 11) is 0. The number of rotatable bonds is 5. The second-order valence-corrected chi connectivity index (χ2v) is 6.04. The lowest BCUT2D eigenvalue weighted by Crippen LogP contribution is -2.39. The van der Waals surface area contributed by atoms with Crippen LogP contribution in [0.3, 0.4) is 0 Å². The van der Waals surface area contributed by atoms with E-state index in [-0.39, 0.29) is 6.42 Å². The van der Waals surface area contributed by atoms with Gasteiger partial charge in [-0.05, 0) is 49.9 Å². The molecule has 1 fully saturated rings. The lowest BCUT2D eigenvalue weighted by atomic mass is 9.97. The molecule has 0 amide bonds. The number of benzene rings is 1. The summed E-state index contributed by atoms with van der Waals surface area (Å²) in [6.45, 7) is 3.92. The molecule has 20 heavy (non-hydrogen) atoms. The molecule has 1 aliphatic heterocycles. The van der Waals surface area contributed by atoms with Crippen LogP contribution < -0.4 is 0 Å². The predicted octanol–water partition coefficient (Wildman–Crippen LogP) is 3.87. The van der Waals surface area contributed by atoms with Crippen molar-refractivity contribution in [1.29, 1.82) is 0 Å². The van der Waals surface area contributed by atoms with Crippen LogP contribution in [-0.2, 0) is 11.3 Å². The van der Waals surface area contributed by atoms with Gasteiger partial charge in [0.25, 0.3) is 0 Å². The molecule has 1 N–H and O–H groups in total. The zero-order valence-corrected chi connectivity index (χ0v) is 12.7. The quantitative estimate of drug-likeness (QED) is 0.896. The van der Waals surface area contributed by atoms with Gasteiger partial charge in [-0.25, -0.2) is 0 Å². The number of likely N-dealkylation sites (tertiary alicyclic amines) is 1. The van der Waals surface area contributed by atoms with Crippen LogP contribution >= 0.6 is 11.6 Å². The first-order valence-electron chi connectivity index (χ1n) is 7.27. The van der Waals surface area contributed by atoms with E-state index in [0.29, 0.717) is 6.04 Å². The van der Waals surface area contributed by atoms with E-state index in [2.05, 4.69) is 11.0 Å². The summed E-state index contributed by atoms with van der Waals surface area (Å²) >= 11 is 6.17. The van der Waals surface area contributed by atoms with Gasteiger partial charge in [-0.3, -0.25) is 9.69 Å². The third-order valence-corrected chi connectivity index (χ3v) is 4.47. The maximum absolute atomic E-state index is 10.8. The summed E-state index contributed by atoms with van der Waals surface area (Å²) in [6, 6.07) is 6.58. The Hall–Kier alpha value is -1.06. The zero-order chi connectivity index (χ0) is 14.5. The molecule has 1 heterocycles. The van der Waals surface area contributed by atoms with Crippen molar-refractivity contribution < 1.29 is 9.90 Å². The highest BCUT2D eigenvalue weighted by Crippen LogP contribution is 2.24. The number of carboxylic acids is 1. The third-order valence-electron chi connectivity index (χ3n) is 4.06. The van der Waals surface area contributed by atoms with Crippen molar-refractivity contribution in [3.05, 3.63) is 34.3 Å². The Morgan fingerprint density at radius 1 is 1.45 bits per heavy atom. The van der Waals surface area contributed by atoms with Crippen LogP contribution in [-0.4, -0.2) is 28.6 Å². The fraction of sp³-hybridized carbons (Fsp3) is 0.562. The first-order chi connectivity index (χ1) is 9.56. The standard InChI is InChI=1S/C16H22ClNO2/c1-12-5-6-13(10-15(12)17)11-18-9-3-2-4-14(18)7-8-16(19)20/h5-6,10,14H,2-4,7-9,11H2,1H3,(H,19,20). The molecule has 0 spiro atoms. The maximum atomic E-state index is 10.8. The van der Waals surface area contributed by atoms with E-state index in [0.717, 1.165) is 36.5 Å². The van der Waals surface area contributed by atoms with Gasteiger partial charge in [0.15, 0.2) is 0 Å². The van der Waals surface area contributed by atoms with Crippen molar-refractivity contribution in [3.63, 3.8) is 0 Å². The molecule has 0 bridgehead atoms. The molecule has 4 heteroatoms. The summed E-state index contributed by atoms with van der Waals surface area (Å²) in [5.74, 6) is -0.700. The van der Waals surface area contributed by atoms with Crippen molar-refractivity contribution >= 4 is 17.6 Å². The predicted molar refractivity (Wildman–Crippen MR) is 81.1 cm³/mol. The topological polar surface area (TPSA) is 40.5 Å². The van der Waals surface area contributed by atoms with E-state index in [9.17, 15) is 4.79 Å². The van der Waals surface area contributed by atoms with E-state index < -0.39 is 5.97 Å². The number of nitrogens with zero attached hydrogens (tertiary/aromatic N) is 1. The minimum Gasteiger partial charge on any atom is -0.481 e. The monoisotopic (exact) mass is 295 g/mol. The number of piperidine rings is 1. The molecule has 1 aromatic rings. The summed E-state index contributed by atoms with van der Waals surface area (Å²) in [4.78, 5) is 13.2. The highest BCUT2D eigenvalue weighted by atomic mass is 35.5. The summed E-state index contributed by atoms with van der Waals surface area (Å²) in [5, 5.41) is 9.66. The molecule has 0 saturated carbocycles. The number of aliphatic carboxylic acids is 1. The van der Waals surface area contributed by atoms with E-state index in [1.165, 1.54) is 18.4 Å². The Labute approximate surface area is 125 Å². The van der Waals surface area contributed by atoms with Gasteiger partial charge in [-0.15, -0.1) is 0 Å². The largest absolute Gasteiger partial charge is 0.481 e. The fourth-order valence-electron chi connectivity index (χ4n) is 2.85. The highest BCUT2D eigenvalue weighted by Gasteiger charge is 2.23. The van der Waals surface area contributed by atoms with Crippen LogP contribution in [0.5, 0.6) is 0 Å². The van der Waals surface area contributed by atoms with Crippen LogP contribution in [0.15, 0.2) is 18.2 Å². The summed E-state index contributed by atoms with van der Waals surface area (Å²) < 4.78 is 0. The van der Waals surface area contributed by atoms with Gasteiger partial charge in [0.1, 0.15) is 0 Å². The molecular formula is C16H22ClNO2. The molecule has 2 rings (SSSR count). The van der Waals surface area contributed by atoms with Crippen molar-refractivity contribution in [1.82, 2.24) is 4.90 Å². The Balaban J connectivity index is 2.00. The molecule has 1 unspecified atom stereocenters. The van der Waals surface area contributed by atoms with Crippen LogP contribution in [0.4, 0.5) is 0 Å². The number of halogens is 1. The Morgan fingerprint density at radius 2 is 2.25 bits per heavy atom. The SMILES string of the molecule is Cc1ccc(CN2CCCCC2CCC(=O)O)cc1Cl. The molecule has 3 nitrogen and oxygen atoms in total. The van der Waals surface area contributed by atoms with E-state index in [1.54, 1.807) is 0 Å². The number of carboxylic acid groups (broad SMARTS) is 1. The number of aryl methyl sites for hydroxylation is 1. The number of hydrogen-bond donors (Lipinski definition) is 1. The Bertz CT molecular complexity index is 476. The average Bonchev–Trinajstić information content (AvgIpc) is 2.42. The lowest BCUT2D eigenvalue weighted by Gasteiger charge is -2.35. The summed E-state index contributed by atoms with van der Waals surface area (Å²) in [6.07, 6.45) is 4.51. The van der Waals surface area contributed by atoms with Gasteiger partial charge < -0.3 is 5.11 Å². The highest BCUT2D eigenvalue weighted by molar-refractivity contribution is 6.31. The summed E-state index contributed by atoms with van der Waals surface area (Å²) in [5.41, 5.74) is 2.30. The first-order valence-corrected chi connectivity index (χ1v) is 7.65. The molecule has 1 atom stereocenters. The molecule has 0 aromatic heterocycles. The smallest absolute Gasteiger partial charge is 0.303 e. The number of carbonyl (C=O) groups is 1. The minimum absolute atomic E-state index is 0.260. The van der Waals surface area contributed by atoms with Gasteiger partial charge in [0.05, 0.1) is 0 Å². The van der Waals surface area contributed by atoms with Crippen molar-refractivity contribution in [2.45, 2.75) is 51.6 Å². The fourth-order valence-corrected chi connectivity index (χ4v) is 3.06. The minimum atomic E-state index is -0.700. The molecule has 1 aliphatic rings. The van der Waals surface area contributed by atoms with Crippen LogP contribution in [0.25, 0.3) is 0 Å². The Kier molecular flexibility index (Phi) is 5.44. The molecule has 1 saturated heterocycles. The van der Waals surface area contributed by atoms with E-state index >= 15 is 0 Å². The molecule has 110 valence electrons. The number of hydrogen-bond acceptors (Lipinski definition) is 2. The molecule has 0 aliphatic carbocycles. The van der Waals surface area contributed by atoms with Crippen LogP contribution in [0.2, 0.25) is 5.02 Å².